The van der Waals surface area contributed by atoms with Crippen molar-refractivity contribution in [1.29, 1.82) is 0 Å². The maximum Gasteiger partial charge on any atom is 0.273 e. The van der Waals surface area contributed by atoms with Crippen molar-refractivity contribution in [1.82, 2.24) is 14.9 Å². The average molecular weight is 353 g/mol. The number of thiazole rings is 1. The lowest BCUT2D eigenvalue weighted by molar-refractivity contribution is 0.0177. The van der Waals surface area contributed by atoms with Crippen molar-refractivity contribution in [3.63, 3.8) is 0 Å². The van der Waals surface area contributed by atoms with E-state index in [2.05, 4.69) is 9.97 Å². The minimum absolute atomic E-state index is 0.00283. The van der Waals surface area contributed by atoms with Crippen molar-refractivity contribution in [2.75, 3.05) is 13.1 Å². The zero-order chi connectivity index (χ0) is 17.1. The molecule has 25 heavy (non-hydrogen) atoms. The molecule has 1 aromatic carbocycles. The molecular formula is C18H15N3O3S. The molecule has 0 saturated carbocycles. The van der Waals surface area contributed by atoms with Crippen molar-refractivity contribution < 1.29 is 14.3 Å². The van der Waals surface area contributed by atoms with E-state index >= 15 is 0 Å². The van der Waals surface area contributed by atoms with E-state index in [1.807, 2.05) is 17.5 Å². The van der Waals surface area contributed by atoms with Crippen LogP contribution < -0.4 is 9.47 Å². The summed E-state index contributed by atoms with van der Waals surface area (Å²) in [5.41, 5.74) is 0.584. The zero-order valence-electron chi connectivity index (χ0n) is 13.2. The largest absolute Gasteiger partial charge is 0.463 e. The van der Waals surface area contributed by atoms with Crippen LogP contribution in [0.4, 0.5) is 0 Å². The molecule has 0 spiro atoms. The molecule has 3 heterocycles. The van der Waals surface area contributed by atoms with Crippen molar-refractivity contribution in [2.45, 2.75) is 6.10 Å². The highest BCUT2D eigenvalue weighted by Gasteiger charge is 2.33. The molecule has 1 saturated heterocycles. The fourth-order valence-electron chi connectivity index (χ4n) is 2.49. The topological polar surface area (TPSA) is 64.5 Å². The summed E-state index contributed by atoms with van der Waals surface area (Å²) in [5.74, 6) is 1.04. The van der Waals surface area contributed by atoms with Gasteiger partial charge in [-0.15, -0.1) is 0 Å². The van der Waals surface area contributed by atoms with Gasteiger partial charge < -0.3 is 14.4 Å². The third-order valence-corrected chi connectivity index (χ3v) is 4.41. The van der Waals surface area contributed by atoms with Crippen molar-refractivity contribution in [2.24, 2.45) is 0 Å². The van der Waals surface area contributed by atoms with Crippen molar-refractivity contribution >= 4 is 17.2 Å². The lowest BCUT2D eigenvalue weighted by Crippen LogP contribution is -2.56. The molecule has 1 aliphatic heterocycles. The molecule has 2 aromatic heterocycles. The molecule has 1 amide bonds. The molecule has 1 aliphatic rings. The molecule has 1 fully saturated rings. The molecule has 126 valence electrons. The number of amides is 1. The number of benzene rings is 1. The normalized spacial score (nSPS) is 14.0. The van der Waals surface area contributed by atoms with E-state index in [0.717, 1.165) is 0 Å². The van der Waals surface area contributed by atoms with Crippen LogP contribution in [0.5, 0.6) is 16.8 Å². The third kappa shape index (κ3) is 3.61. The standard InChI is InChI=1S/C18H15N3O3S/c22-17(21-11-15(12-21)24-18-20-8-9-25-18)13-4-3-5-14(10-13)23-16-6-1-2-7-19-16/h1-10,15H,11-12H2. The Kier molecular flexibility index (Phi) is 4.30. The van der Waals surface area contributed by atoms with Crippen LogP contribution in [0.3, 0.4) is 0 Å². The monoisotopic (exact) mass is 353 g/mol. The minimum atomic E-state index is -0.0366. The highest BCUT2D eigenvalue weighted by molar-refractivity contribution is 7.11. The van der Waals surface area contributed by atoms with Gasteiger partial charge in [-0.25, -0.2) is 9.97 Å². The molecule has 6 nitrogen and oxygen atoms in total. The third-order valence-electron chi connectivity index (χ3n) is 3.75. The van der Waals surface area contributed by atoms with E-state index in [0.29, 0.717) is 35.5 Å². The fraction of sp³-hybridized carbons (Fsp3) is 0.167. The number of rotatable bonds is 5. The van der Waals surface area contributed by atoms with Crippen LogP contribution in [-0.4, -0.2) is 40.0 Å². The summed E-state index contributed by atoms with van der Waals surface area (Å²) < 4.78 is 11.4. The second-order valence-electron chi connectivity index (χ2n) is 5.55. The maximum absolute atomic E-state index is 12.6. The number of pyridine rings is 1. The molecule has 0 unspecified atom stereocenters. The van der Waals surface area contributed by atoms with Gasteiger partial charge in [0.15, 0.2) is 0 Å². The molecule has 0 aliphatic carbocycles. The van der Waals surface area contributed by atoms with Crippen LogP contribution in [0.25, 0.3) is 0 Å². The number of hydrogen-bond acceptors (Lipinski definition) is 6. The summed E-state index contributed by atoms with van der Waals surface area (Å²) in [6.45, 7) is 1.12. The predicted molar refractivity (Wildman–Crippen MR) is 93.2 cm³/mol. The van der Waals surface area contributed by atoms with Crippen LogP contribution in [0.1, 0.15) is 10.4 Å². The van der Waals surface area contributed by atoms with Gasteiger partial charge in [-0.2, -0.15) is 0 Å². The van der Waals surface area contributed by atoms with E-state index < -0.39 is 0 Å². The van der Waals surface area contributed by atoms with Gasteiger partial charge in [0.2, 0.25) is 5.88 Å². The quantitative estimate of drug-likeness (QED) is 0.705. The van der Waals surface area contributed by atoms with Crippen LogP contribution in [-0.2, 0) is 0 Å². The number of carbonyl (C=O) groups is 1. The van der Waals surface area contributed by atoms with E-state index in [1.54, 1.807) is 47.6 Å². The summed E-state index contributed by atoms with van der Waals surface area (Å²) in [7, 11) is 0. The number of aromatic nitrogens is 2. The van der Waals surface area contributed by atoms with Gasteiger partial charge in [0.05, 0.1) is 13.1 Å². The smallest absolute Gasteiger partial charge is 0.273 e. The Balaban J connectivity index is 1.37. The van der Waals surface area contributed by atoms with E-state index in [1.165, 1.54) is 11.3 Å². The lowest BCUT2D eigenvalue weighted by atomic mass is 10.1. The lowest BCUT2D eigenvalue weighted by Gasteiger charge is -2.38. The maximum atomic E-state index is 12.6. The molecule has 0 bridgehead atoms. The van der Waals surface area contributed by atoms with Crippen LogP contribution in [0.2, 0.25) is 0 Å². The Labute approximate surface area is 148 Å². The summed E-state index contributed by atoms with van der Waals surface area (Å²) in [4.78, 5) is 22.5. The molecular weight excluding hydrogens is 338 g/mol. The van der Waals surface area contributed by atoms with Gasteiger partial charge in [-0.05, 0) is 24.3 Å². The summed E-state index contributed by atoms with van der Waals surface area (Å²) >= 11 is 1.45. The van der Waals surface area contributed by atoms with Crippen LogP contribution in [0, 0.1) is 0 Å². The first-order chi connectivity index (χ1) is 12.3. The number of likely N-dealkylation sites (tertiary alicyclic amines) is 1. The van der Waals surface area contributed by atoms with Crippen LogP contribution in [0.15, 0.2) is 60.2 Å². The SMILES string of the molecule is O=C(c1cccc(Oc2ccccn2)c1)N1CC(Oc2nccs2)C1. The molecule has 7 heteroatoms. The Morgan fingerprint density at radius 3 is 2.80 bits per heavy atom. The predicted octanol–water partition coefficient (Wildman–Crippen LogP) is 3.23. The zero-order valence-corrected chi connectivity index (χ0v) is 14.1. The van der Waals surface area contributed by atoms with Gasteiger partial charge in [-0.3, -0.25) is 4.79 Å². The number of nitrogens with zero attached hydrogens (tertiary/aromatic N) is 3. The van der Waals surface area contributed by atoms with E-state index in [4.69, 9.17) is 9.47 Å². The van der Waals surface area contributed by atoms with Gasteiger partial charge in [-0.1, -0.05) is 23.5 Å². The summed E-state index contributed by atoms with van der Waals surface area (Å²) in [5, 5.41) is 2.51. The molecule has 3 aromatic rings. The molecule has 4 rings (SSSR count). The minimum Gasteiger partial charge on any atom is -0.463 e. The number of ether oxygens (including phenoxy) is 2. The Bertz CT molecular complexity index is 849. The molecule has 0 N–H and O–H groups in total. The number of carbonyl (C=O) groups excluding carboxylic acids is 1. The van der Waals surface area contributed by atoms with E-state index in [-0.39, 0.29) is 12.0 Å². The van der Waals surface area contributed by atoms with Gasteiger partial charge in [0, 0.05) is 29.4 Å². The number of hydrogen-bond donors (Lipinski definition) is 0. The average Bonchev–Trinajstić information content (AvgIpc) is 3.12. The highest BCUT2D eigenvalue weighted by Crippen LogP contribution is 2.24. The second kappa shape index (κ2) is 6.90. The Hall–Kier alpha value is -2.93. The summed E-state index contributed by atoms with van der Waals surface area (Å²) in [6, 6.07) is 12.5. The molecule has 0 atom stereocenters. The first-order valence-electron chi connectivity index (χ1n) is 7.82. The first kappa shape index (κ1) is 15.6. The Morgan fingerprint density at radius 1 is 1.12 bits per heavy atom. The summed E-state index contributed by atoms with van der Waals surface area (Å²) in [6.07, 6.45) is 3.37. The highest BCUT2D eigenvalue weighted by atomic mass is 32.1. The van der Waals surface area contributed by atoms with E-state index in [9.17, 15) is 4.79 Å². The Morgan fingerprint density at radius 2 is 2.04 bits per heavy atom. The van der Waals surface area contributed by atoms with Crippen LogP contribution >= 0.6 is 11.3 Å². The fourth-order valence-corrected chi connectivity index (χ4v) is 3.04. The van der Waals surface area contributed by atoms with Gasteiger partial charge in [0.1, 0.15) is 11.9 Å². The second-order valence-corrected chi connectivity index (χ2v) is 6.40. The van der Waals surface area contributed by atoms with Crippen molar-refractivity contribution in [3.8, 4) is 16.8 Å². The van der Waals surface area contributed by atoms with Gasteiger partial charge >= 0.3 is 0 Å². The first-order valence-corrected chi connectivity index (χ1v) is 8.70. The van der Waals surface area contributed by atoms with Crippen molar-refractivity contribution in [3.05, 3.63) is 65.8 Å². The van der Waals surface area contributed by atoms with Gasteiger partial charge in [0.25, 0.3) is 11.1 Å². The molecule has 0 radical (unpaired) electrons.